The second-order valence-electron chi connectivity index (χ2n) is 8.70. The molecular formula is C27H28N2O4. The van der Waals surface area contributed by atoms with Gasteiger partial charge < -0.3 is 19.2 Å². The molecule has 1 N–H and O–H groups in total. The topological polar surface area (TPSA) is 66.2 Å². The second-order valence-corrected chi connectivity index (χ2v) is 8.70. The molecule has 6 heteroatoms. The zero-order valence-corrected chi connectivity index (χ0v) is 18.7. The highest BCUT2D eigenvalue weighted by molar-refractivity contribution is 5.87. The zero-order chi connectivity index (χ0) is 22.8. The van der Waals surface area contributed by atoms with Crippen molar-refractivity contribution >= 4 is 27.6 Å². The lowest BCUT2D eigenvalue weighted by atomic mass is 9.97. The molecule has 33 heavy (non-hydrogen) atoms. The molecule has 2 heterocycles. The van der Waals surface area contributed by atoms with Crippen molar-refractivity contribution in [2.45, 2.75) is 18.6 Å². The quantitative estimate of drug-likeness (QED) is 0.462. The summed E-state index contributed by atoms with van der Waals surface area (Å²) in [4.78, 5) is 17.2. The van der Waals surface area contributed by atoms with Crippen LogP contribution in [-0.4, -0.2) is 60.2 Å². The van der Waals surface area contributed by atoms with Gasteiger partial charge in [-0.1, -0.05) is 42.5 Å². The summed E-state index contributed by atoms with van der Waals surface area (Å²) in [7, 11) is 1.84. The SMILES string of the molecule is CN(C(=O)COc1ccc2occc2c1)[C@H](CN1CCC(O)C1)c1cccc2ccccc12. The minimum Gasteiger partial charge on any atom is -0.484 e. The Balaban J connectivity index is 1.38. The number of carbonyl (C=O) groups is 1. The number of furan rings is 1. The van der Waals surface area contributed by atoms with Gasteiger partial charge in [-0.3, -0.25) is 9.69 Å². The number of hydrogen-bond acceptors (Lipinski definition) is 5. The second kappa shape index (κ2) is 9.25. The van der Waals surface area contributed by atoms with E-state index in [4.69, 9.17) is 9.15 Å². The van der Waals surface area contributed by atoms with E-state index in [2.05, 4.69) is 29.2 Å². The molecule has 0 saturated carbocycles. The number of aliphatic hydroxyl groups excluding tert-OH is 1. The van der Waals surface area contributed by atoms with Gasteiger partial charge in [0.2, 0.25) is 0 Å². The normalized spacial score (nSPS) is 17.5. The lowest BCUT2D eigenvalue weighted by Crippen LogP contribution is -2.41. The van der Waals surface area contributed by atoms with E-state index >= 15 is 0 Å². The minimum atomic E-state index is -0.305. The molecule has 0 aliphatic carbocycles. The fourth-order valence-corrected chi connectivity index (χ4v) is 4.65. The fourth-order valence-electron chi connectivity index (χ4n) is 4.65. The van der Waals surface area contributed by atoms with E-state index < -0.39 is 0 Å². The van der Waals surface area contributed by atoms with Crippen LogP contribution in [0.25, 0.3) is 21.7 Å². The van der Waals surface area contributed by atoms with Crippen LogP contribution in [0.15, 0.2) is 77.4 Å². The summed E-state index contributed by atoms with van der Waals surface area (Å²) in [6.45, 7) is 2.06. The molecule has 0 bridgehead atoms. The van der Waals surface area contributed by atoms with Crippen LogP contribution in [0, 0.1) is 0 Å². The summed E-state index contributed by atoms with van der Waals surface area (Å²) in [5.74, 6) is 0.537. The average molecular weight is 445 g/mol. The Morgan fingerprint density at radius 3 is 2.85 bits per heavy atom. The van der Waals surface area contributed by atoms with Gasteiger partial charge >= 0.3 is 0 Å². The highest BCUT2D eigenvalue weighted by Crippen LogP contribution is 2.30. The summed E-state index contributed by atoms with van der Waals surface area (Å²) in [5.41, 5.74) is 1.89. The van der Waals surface area contributed by atoms with Crippen molar-refractivity contribution in [3.8, 4) is 5.75 Å². The first-order valence-corrected chi connectivity index (χ1v) is 11.3. The predicted octanol–water partition coefficient (Wildman–Crippen LogP) is 4.23. The van der Waals surface area contributed by atoms with Crippen LogP contribution < -0.4 is 4.74 Å². The van der Waals surface area contributed by atoms with Crippen molar-refractivity contribution in [2.24, 2.45) is 0 Å². The van der Waals surface area contributed by atoms with Gasteiger partial charge in [0.05, 0.1) is 18.4 Å². The van der Waals surface area contributed by atoms with Gasteiger partial charge in [-0.2, -0.15) is 0 Å². The van der Waals surface area contributed by atoms with E-state index in [0.29, 0.717) is 18.8 Å². The third-order valence-electron chi connectivity index (χ3n) is 6.51. The van der Waals surface area contributed by atoms with Crippen molar-refractivity contribution < 1.29 is 19.1 Å². The molecular weight excluding hydrogens is 416 g/mol. The first kappa shape index (κ1) is 21.5. The number of aliphatic hydroxyl groups is 1. The number of carbonyl (C=O) groups excluding carboxylic acids is 1. The van der Waals surface area contributed by atoms with Gasteiger partial charge in [-0.05, 0) is 47.0 Å². The third-order valence-corrected chi connectivity index (χ3v) is 6.51. The van der Waals surface area contributed by atoms with Crippen molar-refractivity contribution in [2.75, 3.05) is 33.3 Å². The maximum absolute atomic E-state index is 13.2. The molecule has 1 aromatic heterocycles. The Kier molecular flexibility index (Phi) is 6.03. The van der Waals surface area contributed by atoms with Gasteiger partial charge in [0, 0.05) is 32.1 Å². The molecule has 0 spiro atoms. The highest BCUT2D eigenvalue weighted by atomic mass is 16.5. The molecule has 1 unspecified atom stereocenters. The summed E-state index contributed by atoms with van der Waals surface area (Å²) in [6.07, 6.45) is 2.09. The average Bonchev–Trinajstić information content (AvgIpc) is 3.48. The predicted molar refractivity (Wildman–Crippen MR) is 128 cm³/mol. The van der Waals surface area contributed by atoms with Gasteiger partial charge in [-0.25, -0.2) is 0 Å². The lowest BCUT2D eigenvalue weighted by molar-refractivity contribution is -0.134. The van der Waals surface area contributed by atoms with Crippen LogP contribution in [0.1, 0.15) is 18.0 Å². The Hall–Kier alpha value is -3.35. The van der Waals surface area contributed by atoms with Gasteiger partial charge in [0.1, 0.15) is 11.3 Å². The Morgan fingerprint density at radius 2 is 2.00 bits per heavy atom. The van der Waals surface area contributed by atoms with E-state index in [9.17, 15) is 9.90 Å². The zero-order valence-electron chi connectivity index (χ0n) is 18.7. The number of nitrogens with zero attached hydrogens (tertiary/aromatic N) is 2. The number of likely N-dealkylation sites (tertiary alicyclic amines) is 1. The van der Waals surface area contributed by atoms with Crippen LogP contribution in [0.3, 0.4) is 0 Å². The smallest absolute Gasteiger partial charge is 0.260 e. The molecule has 1 fully saturated rings. The number of β-amino-alcohol motifs (C(OH)–C–C–N with tert-alkyl or cyclic N) is 1. The third kappa shape index (κ3) is 4.58. The first-order valence-electron chi connectivity index (χ1n) is 11.3. The molecule has 1 saturated heterocycles. The number of likely N-dealkylation sites (N-methyl/N-ethyl adjacent to an activating group) is 1. The maximum Gasteiger partial charge on any atom is 0.260 e. The molecule has 1 aliphatic rings. The minimum absolute atomic E-state index is 0.0518. The summed E-state index contributed by atoms with van der Waals surface area (Å²) in [6, 6.07) is 21.7. The maximum atomic E-state index is 13.2. The number of rotatable bonds is 7. The van der Waals surface area contributed by atoms with Crippen LogP contribution in [-0.2, 0) is 4.79 Å². The van der Waals surface area contributed by atoms with Crippen LogP contribution in [0.2, 0.25) is 0 Å². The molecule has 5 rings (SSSR count). The monoisotopic (exact) mass is 444 g/mol. The van der Waals surface area contributed by atoms with E-state index in [0.717, 1.165) is 40.3 Å². The van der Waals surface area contributed by atoms with Gasteiger partial charge in [-0.15, -0.1) is 0 Å². The largest absolute Gasteiger partial charge is 0.484 e. The lowest BCUT2D eigenvalue weighted by Gasteiger charge is -2.33. The molecule has 2 atom stereocenters. The number of benzene rings is 3. The Labute approximate surface area is 193 Å². The Bertz CT molecular complexity index is 1260. The van der Waals surface area contributed by atoms with E-state index in [1.807, 2.05) is 49.5 Å². The van der Waals surface area contributed by atoms with Crippen molar-refractivity contribution in [1.29, 1.82) is 0 Å². The number of amides is 1. The number of fused-ring (bicyclic) bond motifs is 2. The summed E-state index contributed by atoms with van der Waals surface area (Å²) >= 11 is 0. The van der Waals surface area contributed by atoms with Crippen LogP contribution in [0.5, 0.6) is 5.75 Å². The molecule has 3 aromatic carbocycles. The summed E-state index contributed by atoms with van der Waals surface area (Å²) < 4.78 is 11.2. The van der Waals surface area contributed by atoms with Crippen molar-refractivity contribution in [1.82, 2.24) is 9.80 Å². The van der Waals surface area contributed by atoms with Crippen molar-refractivity contribution in [3.05, 3.63) is 78.6 Å². The molecule has 1 amide bonds. The highest BCUT2D eigenvalue weighted by Gasteiger charge is 2.29. The molecule has 6 nitrogen and oxygen atoms in total. The van der Waals surface area contributed by atoms with E-state index in [1.54, 1.807) is 11.2 Å². The number of ether oxygens (including phenoxy) is 1. The number of hydrogen-bond donors (Lipinski definition) is 1. The molecule has 1 aliphatic heterocycles. The van der Waals surface area contributed by atoms with E-state index in [-0.39, 0.29) is 24.7 Å². The fraction of sp³-hybridized carbons (Fsp3) is 0.296. The van der Waals surface area contributed by atoms with Crippen molar-refractivity contribution in [3.63, 3.8) is 0 Å². The summed E-state index contributed by atoms with van der Waals surface area (Å²) in [5, 5.41) is 13.2. The first-order chi connectivity index (χ1) is 16.1. The standard InChI is InChI=1S/C27H28N2O4/c1-28(27(31)18-33-22-9-10-26-20(15-22)12-14-32-26)25(17-29-13-11-21(30)16-29)24-8-4-6-19-5-2-3-7-23(19)24/h2-10,12,14-15,21,25,30H,11,13,16-18H2,1H3/t21?,25-/m1/s1. The van der Waals surface area contributed by atoms with Crippen LogP contribution >= 0.6 is 0 Å². The molecule has 170 valence electrons. The Morgan fingerprint density at radius 1 is 1.15 bits per heavy atom. The molecule has 4 aromatic rings. The van der Waals surface area contributed by atoms with Gasteiger partial charge in [0.15, 0.2) is 6.61 Å². The van der Waals surface area contributed by atoms with E-state index in [1.165, 1.54) is 0 Å². The van der Waals surface area contributed by atoms with Crippen LogP contribution in [0.4, 0.5) is 0 Å². The van der Waals surface area contributed by atoms with Gasteiger partial charge in [0.25, 0.3) is 5.91 Å². The molecule has 0 radical (unpaired) electrons.